The first-order valence-corrected chi connectivity index (χ1v) is 8.72. The third kappa shape index (κ3) is 5.05. The zero-order chi connectivity index (χ0) is 19.5. The van der Waals surface area contributed by atoms with Gasteiger partial charge >= 0.3 is 11.7 Å². The Morgan fingerprint density at radius 2 is 1.96 bits per heavy atom. The number of aromatic nitrogens is 2. The first kappa shape index (κ1) is 19.9. The Hall–Kier alpha value is -2.41. The SMILES string of the molecule is CN(C)CCn1c(=O)nc(NC(CC(C)(C)C)C(=O)O)c2ccccc21. The lowest BCUT2D eigenvalue weighted by molar-refractivity contribution is -0.138. The highest BCUT2D eigenvalue weighted by Gasteiger charge is 2.26. The molecule has 0 bridgehead atoms. The lowest BCUT2D eigenvalue weighted by Crippen LogP contribution is -2.35. The van der Waals surface area contributed by atoms with Gasteiger partial charge in [-0.2, -0.15) is 4.98 Å². The van der Waals surface area contributed by atoms with Crippen molar-refractivity contribution in [1.29, 1.82) is 0 Å². The van der Waals surface area contributed by atoms with Crippen LogP contribution < -0.4 is 11.0 Å². The van der Waals surface area contributed by atoms with E-state index in [0.29, 0.717) is 25.3 Å². The van der Waals surface area contributed by atoms with Gasteiger partial charge in [-0.05, 0) is 38.1 Å². The summed E-state index contributed by atoms with van der Waals surface area (Å²) in [6, 6.07) is 6.62. The van der Waals surface area contributed by atoms with Gasteiger partial charge in [0.15, 0.2) is 0 Å². The molecule has 0 amide bonds. The van der Waals surface area contributed by atoms with Crippen molar-refractivity contribution in [2.24, 2.45) is 5.41 Å². The lowest BCUT2D eigenvalue weighted by atomic mass is 9.88. The molecule has 0 saturated heterocycles. The van der Waals surface area contributed by atoms with Crippen molar-refractivity contribution in [3.05, 3.63) is 34.7 Å². The second-order valence-electron chi connectivity index (χ2n) is 8.01. The van der Waals surface area contributed by atoms with E-state index in [1.807, 2.05) is 64.0 Å². The highest BCUT2D eigenvalue weighted by atomic mass is 16.4. The number of rotatable bonds is 7. The van der Waals surface area contributed by atoms with Gasteiger partial charge < -0.3 is 15.3 Å². The number of aliphatic carboxylic acids is 1. The quantitative estimate of drug-likeness (QED) is 0.787. The summed E-state index contributed by atoms with van der Waals surface area (Å²) in [5, 5.41) is 13.3. The van der Waals surface area contributed by atoms with Crippen molar-refractivity contribution in [3.8, 4) is 0 Å². The van der Waals surface area contributed by atoms with Crippen LogP contribution >= 0.6 is 0 Å². The van der Waals surface area contributed by atoms with Gasteiger partial charge in [0.05, 0.1) is 5.52 Å². The van der Waals surface area contributed by atoms with Crippen LogP contribution in [0.3, 0.4) is 0 Å². The standard InChI is InChI=1S/C19H28N4O3/c1-19(2,3)12-14(17(24)25)20-16-13-8-6-7-9-15(13)23(18(26)21-16)11-10-22(4)5/h6-9,14H,10-12H2,1-5H3,(H,24,25)(H,20,21,26). The molecular weight excluding hydrogens is 332 g/mol. The van der Waals surface area contributed by atoms with Crippen molar-refractivity contribution >= 4 is 22.7 Å². The van der Waals surface area contributed by atoms with Crippen molar-refractivity contribution in [2.45, 2.75) is 39.8 Å². The van der Waals surface area contributed by atoms with E-state index in [1.54, 1.807) is 4.57 Å². The second kappa shape index (κ2) is 7.86. The third-order valence-electron chi connectivity index (χ3n) is 4.08. The third-order valence-corrected chi connectivity index (χ3v) is 4.08. The summed E-state index contributed by atoms with van der Waals surface area (Å²) in [7, 11) is 3.89. The maximum Gasteiger partial charge on any atom is 0.350 e. The van der Waals surface area contributed by atoms with Crippen LogP contribution in [-0.4, -0.2) is 52.2 Å². The highest BCUT2D eigenvalue weighted by molar-refractivity contribution is 5.91. The summed E-state index contributed by atoms with van der Waals surface area (Å²) in [5.74, 6) is -0.633. The molecule has 0 saturated carbocycles. The Kier molecular flexibility index (Phi) is 6.02. The van der Waals surface area contributed by atoms with Crippen LogP contribution in [-0.2, 0) is 11.3 Å². The van der Waals surface area contributed by atoms with Crippen molar-refractivity contribution in [3.63, 3.8) is 0 Å². The zero-order valence-electron chi connectivity index (χ0n) is 16.1. The minimum Gasteiger partial charge on any atom is -0.480 e. The number of carboxylic acid groups (broad SMARTS) is 1. The largest absolute Gasteiger partial charge is 0.480 e. The van der Waals surface area contributed by atoms with Crippen LogP contribution in [0.5, 0.6) is 0 Å². The molecule has 2 aromatic rings. The predicted octanol–water partition coefficient (Wildman–Crippen LogP) is 2.26. The molecule has 0 radical (unpaired) electrons. The van der Waals surface area contributed by atoms with Crippen LogP contribution in [0.2, 0.25) is 0 Å². The molecule has 0 spiro atoms. The van der Waals surface area contributed by atoms with Crippen molar-refractivity contribution < 1.29 is 9.90 Å². The average Bonchev–Trinajstić information content (AvgIpc) is 2.52. The fourth-order valence-electron chi connectivity index (χ4n) is 2.83. The number of hydrogen-bond donors (Lipinski definition) is 2. The molecule has 0 fully saturated rings. The van der Waals surface area contributed by atoms with Gasteiger partial charge in [0.1, 0.15) is 11.9 Å². The maximum absolute atomic E-state index is 12.5. The molecule has 1 atom stereocenters. The molecule has 1 aromatic carbocycles. The van der Waals surface area contributed by atoms with E-state index < -0.39 is 12.0 Å². The van der Waals surface area contributed by atoms with Gasteiger partial charge in [-0.15, -0.1) is 0 Å². The number of fused-ring (bicyclic) bond motifs is 1. The molecule has 0 aliphatic heterocycles. The summed E-state index contributed by atoms with van der Waals surface area (Å²) in [4.78, 5) is 30.4. The van der Waals surface area contributed by atoms with Crippen molar-refractivity contribution in [1.82, 2.24) is 14.5 Å². The normalized spacial score (nSPS) is 13.2. The Morgan fingerprint density at radius 3 is 2.54 bits per heavy atom. The van der Waals surface area contributed by atoms with Crippen LogP contribution in [0.25, 0.3) is 10.9 Å². The molecule has 1 unspecified atom stereocenters. The number of likely N-dealkylation sites (N-methyl/N-ethyl adjacent to an activating group) is 1. The molecule has 2 rings (SSSR count). The molecule has 142 valence electrons. The molecule has 2 N–H and O–H groups in total. The molecule has 0 aliphatic rings. The molecular formula is C19H28N4O3. The van der Waals surface area contributed by atoms with E-state index in [1.165, 1.54) is 0 Å². The molecule has 26 heavy (non-hydrogen) atoms. The van der Waals surface area contributed by atoms with E-state index >= 15 is 0 Å². The van der Waals surface area contributed by atoms with Gasteiger partial charge in [0, 0.05) is 18.5 Å². The Morgan fingerprint density at radius 1 is 1.31 bits per heavy atom. The summed E-state index contributed by atoms with van der Waals surface area (Å²) in [5.41, 5.74) is 0.191. The number of nitrogens with zero attached hydrogens (tertiary/aromatic N) is 3. The molecule has 0 aliphatic carbocycles. The fraction of sp³-hybridized carbons (Fsp3) is 0.526. The zero-order valence-corrected chi connectivity index (χ0v) is 16.1. The minimum absolute atomic E-state index is 0.174. The monoisotopic (exact) mass is 360 g/mol. The Balaban J connectivity index is 2.47. The summed E-state index contributed by atoms with van der Waals surface area (Å²) in [6.07, 6.45) is 0.419. The number of hydrogen-bond acceptors (Lipinski definition) is 5. The van der Waals surface area contributed by atoms with E-state index in [4.69, 9.17) is 0 Å². The Bertz CT molecular complexity index is 837. The Labute approximate surface area is 153 Å². The average molecular weight is 360 g/mol. The first-order chi connectivity index (χ1) is 12.1. The topological polar surface area (TPSA) is 87.5 Å². The van der Waals surface area contributed by atoms with Gasteiger partial charge in [-0.3, -0.25) is 4.57 Å². The number of para-hydroxylation sites is 1. The molecule has 1 aromatic heterocycles. The number of nitrogens with one attached hydrogen (secondary N) is 1. The lowest BCUT2D eigenvalue weighted by Gasteiger charge is -2.25. The minimum atomic E-state index is -0.956. The van der Waals surface area contributed by atoms with Gasteiger partial charge in [-0.1, -0.05) is 32.9 Å². The summed E-state index contributed by atoms with van der Waals surface area (Å²) in [6.45, 7) is 7.17. The highest BCUT2D eigenvalue weighted by Crippen LogP contribution is 2.25. The van der Waals surface area contributed by atoms with Gasteiger partial charge in [0.2, 0.25) is 0 Å². The van der Waals surface area contributed by atoms with Gasteiger partial charge in [-0.25, -0.2) is 9.59 Å². The van der Waals surface area contributed by atoms with Crippen LogP contribution in [0.15, 0.2) is 29.1 Å². The molecule has 7 heteroatoms. The first-order valence-electron chi connectivity index (χ1n) is 8.72. The number of benzene rings is 1. The number of anilines is 1. The van der Waals surface area contributed by atoms with E-state index in [2.05, 4.69) is 10.3 Å². The van der Waals surface area contributed by atoms with E-state index in [-0.39, 0.29) is 11.1 Å². The van der Waals surface area contributed by atoms with E-state index in [0.717, 1.165) is 10.9 Å². The van der Waals surface area contributed by atoms with Gasteiger partial charge in [0.25, 0.3) is 0 Å². The summed E-state index contributed by atoms with van der Waals surface area (Å²) >= 11 is 0. The van der Waals surface area contributed by atoms with Crippen LogP contribution in [0.1, 0.15) is 27.2 Å². The van der Waals surface area contributed by atoms with Crippen LogP contribution in [0, 0.1) is 5.41 Å². The summed E-state index contributed by atoms with van der Waals surface area (Å²) < 4.78 is 1.63. The predicted molar refractivity (Wildman–Crippen MR) is 104 cm³/mol. The second-order valence-corrected chi connectivity index (χ2v) is 8.01. The van der Waals surface area contributed by atoms with Crippen LogP contribution in [0.4, 0.5) is 5.82 Å². The fourth-order valence-corrected chi connectivity index (χ4v) is 2.83. The molecule has 7 nitrogen and oxygen atoms in total. The van der Waals surface area contributed by atoms with Crippen molar-refractivity contribution in [2.75, 3.05) is 26.0 Å². The van der Waals surface area contributed by atoms with E-state index in [9.17, 15) is 14.7 Å². The molecule has 1 heterocycles. The maximum atomic E-state index is 12.5. The number of carbonyl (C=O) groups is 1. The number of carboxylic acids is 1. The smallest absolute Gasteiger partial charge is 0.350 e.